The average molecular weight is 218 g/mol. The van der Waals surface area contributed by atoms with Crippen LogP contribution in [0.2, 0.25) is 0 Å². The molecule has 0 fully saturated rings. The second kappa shape index (κ2) is 5.64. The summed E-state index contributed by atoms with van der Waals surface area (Å²) in [5.41, 5.74) is 0.0140. The van der Waals surface area contributed by atoms with Gasteiger partial charge < -0.3 is 4.57 Å². The molecule has 3 heteroatoms. The third kappa shape index (κ3) is 3.05. The zero-order valence-corrected chi connectivity index (χ0v) is 9.51. The van der Waals surface area contributed by atoms with Crippen LogP contribution in [0.1, 0.15) is 32.1 Å². The zero-order chi connectivity index (χ0) is 11.2. The van der Waals surface area contributed by atoms with Crippen molar-refractivity contribution in [2.75, 3.05) is 0 Å². The van der Waals surface area contributed by atoms with E-state index in [4.69, 9.17) is 0 Å². The smallest absolute Gasteiger partial charge is 0.268 e. The fourth-order valence-corrected chi connectivity index (χ4v) is 2.22. The Kier molecular flexibility index (Phi) is 3.91. The molecule has 3 nitrogen and oxygen atoms in total. The molecule has 1 aromatic heterocycles. The maximum Gasteiger partial charge on any atom is 0.268 e. The normalized spacial score (nSPS) is 23.4. The van der Waals surface area contributed by atoms with Crippen molar-refractivity contribution in [2.45, 2.75) is 38.6 Å². The predicted octanol–water partition coefficient (Wildman–Crippen LogP) is 2.38. The fourth-order valence-electron chi connectivity index (χ4n) is 2.22. The van der Waals surface area contributed by atoms with Crippen LogP contribution in [0.5, 0.6) is 0 Å². The third-order valence-corrected chi connectivity index (χ3v) is 3.15. The summed E-state index contributed by atoms with van der Waals surface area (Å²) in [5.74, 6) is 0.630. The van der Waals surface area contributed by atoms with E-state index in [1.54, 1.807) is 17.0 Å². The SMILES string of the molecule is O=c1cnccn1CC1CC/C=C\CCC1. The molecule has 1 aliphatic rings. The third-order valence-electron chi connectivity index (χ3n) is 3.15. The summed E-state index contributed by atoms with van der Waals surface area (Å²) < 4.78 is 1.78. The molecule has 0 aliphatic heterocycles. The number of aromatic nitrogens is 2. The van der Waals surface area contributed by atoms with Crippen LogP contribution in [-0.4, -0.2) is 9.55 Å². The summed E-state index contributed by atoms with van der Waals surface area (Å²) in [6.07, 6.45) is 15.4. The van der Waals surface area contributed by atoms with Crippen LogP contribution in [0.3, 0.4) is 0 Å². The van der Waals surface area contributed by atoms with Gasteiger partial charge in [-0.25, -0.2) is 0 Å². The van der Waals surface area contributed by atoms with Gasteiger partial charge in [0.25, 0.3) is 5.56 Å². The largest absolute Gasteiger partial charge is 0.312 e. The summed E-state index contributed by atoms with van der Waals surface area (Å²) in [6, 6.07) is 0. The highest BCUT2D eigenvalue weighted by Crippen LogP contribution is 2.19. The van der Waals surface area contributed by atoms with Gasteiger partial charge in [-0.2, -0.15) is 0 Å². The fraction of sp³-hybridized carbons (Fsp3) is 0.538. The van der Waals surface area contributed by atoms with Gasteiger partial charge in [0.15, 0.2) is 0 Å². The first-order valence-corrected chi connectivity index (χ1v) is 6.02. The van der Waals surface area contributed by atoms with Crippen molar-refractivity contribution in [1.29, 1.82) is 0 Å². The molecular formula is C13H18N2O. The first-order valence-electron chi connectivity index (χ1n) is 6.02. The maximum atomic E-state index is 11.5. The minimum atomic E-state index is 0.0140. The van der Waals surface area contributed by atoms with Crippen molar-refractivity contribution in [1.82, 2.24) is 9.55 Å². The molecule has 0 bridgehead atoms. The molecule has 1 atom stereocenters. The molecule has 0 spiro atoms. The van der Waals surface area contributed by atoms with Crippen molar-refractivity contribution in [2.24, 2.45) is 5.92 Å². The van der Waals surface area contributed by atoms with Crippen LogP contribution in [0.4, 0.5) is 0 Å². The number of hydrogen-bond donors (Lipinski definition) is 0. The van der Waals surface area contributed by atoms with E-state index in [-0.39, 0.29) is 5.56 Å². The molecule has 1 heterocycles. The van der Waals surface area contributed by atoms with Crippen LogP contribution in [0, 0.1) is 5.92 Å². The van der Waals surface area contributed by atoms with Gasteiger partial charge in [-0.1, -0.05) is 12.2 Å². The van der Waals surface area contributed by atoms with Gasteiger partial charge >= 0.3 is 0 Å². The highest BCUT2D eigenvalue weighted by molar-refractivity contribution is 4.86. The van der Waals surface area contributed by atoms with Gasteiger partial charge in [0.05, 0.1) is 6.20 Å². The lowest BCUT2D eigenvalue weighted by Crippen LogP contribution is -2.23. The molecular weight excluding hydrogens is 200 g/mol. The van der Waals surface area contributed by atoms with Crippen LogP contribution in [0.25, 0.3) is 0 Å². The molecule has 1 unspecified atom stereocenters. The molecule has 0 N–H and O–H groups in total. The number of rotatable bonds is 2. The Morgan fingerprint density at radius 3 is 3.06 bits per heavy atom. The monoisotopic (exact) mass is 218 g/mol. The van der Waals surface area contributed by atoms with Gasteiger partial charge in [0.1, 0.15) is 0 Å². The predicted molar refractivity (Wildman–Crippen MR) is 64.2 cm³/mol. The lowest BCUT2D eigenvalue weighted by Gasteiger charge is -2.18. The molecule has 2 rings (SSSR count). The summed E-state index contributed by atoms with van der Waals surface area (Å²) in [6.45, 7) is 0.842. The van der Waals surface area contributed by atoms with Crippen molar-refractivity contribution in [3.8, 4) is 0 Å². The highest BCUT2D eigenvalue weighted by Gasteiger charge is 2.10. The summed E-state index contributed by atoms with van der Waals surface area (Å²) in [5, 5.41) is 0. The number of nitrogens with zero attached hydrogens (tertiary/aromatic N) is 2. The molecule has 0 aromatic carbocycles. The second-order valence-electron chi connectivity index (χ2n) is 4.41. The van der Waals surface area contributed by atoms with E-state index in [0.717, 1.165) is 13.0 Å². The van der Waals surface area contributed by atoms with Crippen molar-refractivity contribution in [3.63, 3.8) is 0 Å². The van der Waals surface area contributed by atoms with Gasteiger partial charge in [0.2, 0.25) is 0 Å². The topological polar surface area (TPSA) is 34.9 Å². The molecule has 1 aliphatic carbocycles. The van der Waals surface area contributed by atoms with Crippen LogP contribution >= 0.6 is 0 Å². The van der Waals surface area contributed by atoms with Crippen LogP contribution in [-0.2, 0) is 6.54 Å². The molecule has 16 heavy (non-hydrogen) atoms. The van der Waals surface area contributed by atoms with Gasteiger partial charge in [0, 0.05) is 18.9 Å². The minimum absolute atomic E-state index is 0.0140. The second-order valence-corrected chi connectivity index (χ2v) is 4.41. The van der Waals surface area contributed by atoms with Crippen molar-refractivity contribution >= 4 is 0 Å². The Morgan fingerprint density at radius 2 is 2.19 bits per heavy atom. The maximum absolute atomic E-state index is 11.5. The van der Waals surface area contributed by atoms with Crippen LogP contribution in [0.15, 0.2) is 35.5 Å². The molecule has 0 amide bonds. The lowest BCUT2D eigenvalue weighted by molar-refractivity contribution is 0.372. The quantitative estimate of drug-likeness (QED) is 0.714. The van der Waals surface area contributed by atoms with E-state index in [1.807, 2.05) is 0 Å². The lowest BCUT2D eigenvalue weighted by atomic mass is 9.94. The first kappa shape index (κ1) is 11.1. The summed E-state index contributed by atoms with van der Waals surface area (Å²) >= 11 is 0. The molecule has 0 saturated heterocycles. The van der Waals surface area contributed by atoms with E-state index < -0.39 is 0 Å². The molecule has 0 saturated carbocycles. The van der Waals surface area contributed by atoms with E-state index in [2.05, 4.69) is 17.1 Å². The van der Waals surface area contributed by atoms with E-state index in [9.17, 15) is 4.79 Å². The van der Waals surface area contributed by atoms with Gasteiger partial charge in [-0.3, -0.25) is 9.78 Å². The Balaban J connectivity index is 2.01. The first-order chi connectivity index (χ1) is 7.86. The summed E-state index contributed by atoms with van der Waals surface area (Å²) in [7, 11) is 0. The van der Waals surface area contributed by atoms with Crippen molar-refractivity contribution < 1.29 is 0 Å². The summed E-state index contributed by atoms with van der Waals surface area (Å²) in [4.78, 5) is 15.4. The standard InChI is InChI=1S/C13H18N2O/c16-13-10-14-8-9-15(13)11-12-6-4-2-1-3-5-7-12/h1-2,8-10,12H,3-7,11H2/b2-1-. The Bertz CT molecular complexity index is 408. The Labute approximate surface area is 95.8 Å². The van der Waals surface area contributed by atoms with E-state index >= 15 is 0 Å². The number of hydrogen-bond acceptors (Lipinski definition) is 2. The molecule has 86 valence electrons. The molecule has 0 radical (unpaired) electrons. The van der Waals surface area contributed by atoms with Crippen molar-refractivity contribution in [3.05, 3.63) is 41.1 Å². The average Bonchev–Trinajstić information content (AvgIpc) is 2.24. The van der Waals surface area contributed by atoms with E-state index in [0.29, 0.717) is 5.92 Å². The molecule has 1 aromatic rings. The number of allylic oxidation sites excluding steroid dienone is 2. The van der Waals surface area contributed by atoms with E-state index in [1.165, 1.54) is 31.9 Å². The van der Waals surface area contributed by atoms with Gasteiger partial charge in [-0.05, 0) is 38.0 Å². The zero-order valence-electron chi connectivity index (χ0n) is 9.51. The van der Waals surface area contributed by atoms with Crippen LogP contribution < -0.4 is 5.56 Å². The minimum Gasteiger partial charge on any atom is -0.312 e. The van der Waals surface area contributed by atoms with Gasteiger partial charge in [-0.15, -0.1) is 0 Å². The Morgan fingerprint density at radius 1 is 1.31 bits per heavy atom. The highest BCUT2D eigenvalue weighted by atomic mass is 16.1. The Hall–Kier alpha value is -1.38.